The number of carbonyl (C=O) groups is 1. The molecule has 2 rings (SSSR count). The van der Waals surface area contributed by atoms with Crippen LogP contribution in [0.1, 0.15) is 19.4 Å². The lowest BCUT2D eigenvalue weighted by atomic mass is 9.82. The molecule has 2 aromatic rings. The number of hydroxylamine groups is 1. The number of hydrogen-bond acceptors (Lipinski definition) is 5. The third kappa shape index (κ3) is 5.00. The van der Waals surface area contributed by atoms with Crippen LogP contribution in [0.3, 0.4) is 0 Å². The van der Waals surface area contributed by atoms with Crippen LogP contribution in [0.5, 0.6) is 5.75 Å². The van der Waals surface area contributed by atoms with Crippen LogP contribution in [0.2, 0.25) is 0 Å². The van der Waals surface area contributed by atoms with Crippen LogP contribution in [-0.4, -0.2) is 47.7 Å². The highest BCUT2D eigenvalue weighted by atomic mass is 19.1. The molecule has 156 valence electrons. The SMILES string of the molecule is COc1ccccc1-c1ccc(/C=C/CNC(C)(C(=O)NO)C(C)(O)CF)cc1. The molecule has 4 N–H and O–H groups in total. The predicted octanol–water partition coefficient (Wildman–Crippen LogP) is 2.95. The molecule has 0 radical (unpaired) electrons. The van der Waals surface area contributed by atoms with Gasteiger partial charge >= 0.3 is 0 Å². The first kappa shape index (κ1) is 22.5. The van der Waals surface area contributed by atoms with Gasteiger partial charge in [0.15, 0.2) is 0 Å². The van der Waals surface area contributed by atoms with Crippen LogP contribution < -0.4 is 15.5 Å². The molecule has 2 atom stereocenters. The number of aliphatic hydroxyl groups is 1. The number of nitrogens with one attached hydrogen (secondary N) is 2. The van der Waals surface area contributed by atoms with Crippen molar-refractivity contribution in [2.75, 3.05) is 20.3 Å². The van der Waals surface area contributed by atoms with Gasteiger partial charge in [0.05, 0.1) is 7.11 Å². The molecule has 2 aromatic carbocycles. The van der Waals surface area contributed by atoms with E-state index >= 15 is 0 Å². The maximum Gasteiger partial charge on any atom is 0.266 e. The molecule has 6 nitrogen and oxygen atoms in total. The summed E-state index contributed by atoms with van der Waals surface area (Å²) < 4.78 is 18.6. The first-order valence-electron chi connectivity index (χ1n) is 9.17. The van der Waals surface area contributed by atoms with Gasteiger partial charge in [0.1, 0.15) is 23.6 Å². The molecule has 1 amide bonds. The molecule has 0 saturated heterocycles. The van der Waals surface area contributed by atoms with E-state index in [1.54, 1.807) is 13.2 Å². The zero-order valence-corrected chi connectivity index (χ0v) is 16.8. The number of halogens is 1. The highest BCUT2D eigenvalue weighted by Gasteiger charge is 2.49. The molecule has 0 bridgehead atoms. The van der Waals surface area contributed by atoms with Gasteiger partial charge in [0, 0.05) is 12.1 Å². The van der Waals surface area contributed by atoms with Crippen molar-refractivity contribution in [1.29, 1.82) is 0 Å². The molecule has 2 unspecified atom stereocenters. The number of hydrogen-bond donors (Lipinski definition) is 4. The zero-order valence-electron chi connectivity index (χ0n) is 16.8. The van der Waals surface area contributed by atoms with Gasteiger partial charge in [-0.2, -0.15) is 0 Å². The van der Waals surface area contributed by atoms with Gasteiger partial charge < -0.3 is 9.84 Å². The third-order valence-corrected chi connectivity index (χ3v) is 5.11. The van der Waals surface area contributed by atoms with Gasteiger partial charge in [-0.3, -0.25) is 15.3 Å². The van der Waals surface area contributed by atoms with E-state index in [0.29, 0.717) is 0 Å². The Hall–Kier alpha value is -2.74. The van der Waals surface area contributed by atoms with Crippen molar-refractivity contribution in [2.24, 2.45) is 0 Å². The Bertz CT molecular complexity index is 852. The Morgan fingerprint density at radius 3 is 2.41 bits per heavy atom. The second kappa shape index (κ2) is 9.65. The maximum atomic E-state index is 13.2. The van der Waals surface area contributed by atoms with E-state index < -0.39 is 23.7 Å². The molecule has 29 heavy (non-hydrogen) atoms. The monoisotopic (exact) mass is 402 g/mol. The summed E-state index contributed by atoms with van der Waals surface area (Å²) in [5.41, 5.74) is 0.700. The van der Waals surface area contributed by atoms with Crippen LogP contribution >= 0.6 is 0 Å². The van der Waals surface area contributed by atoms with Gasteiger partial charge in [0.2, 0.25) is 0 Å². The number of methoxy groups -OCH3 is 1. The quantitative estimate of drug-likeness (QED) is 0.382. The van der Waals surface area contributed by atoms with E-state index in [1.165, 1.54) is 19.3 Å². The minimum absolute atomic E-state index is 0.175. The lowest BCUT2D eigenvalue weighted by Crippen LogP contribution is -2.68. The largest absolute Gasteiger partial charge is 0.496 e. The van der Waals surface area contributed by atoms with E-state index in [4.69, 9.17) is 9.94 Å². The number of para-hydroxylation sites is 1. The summed E-state index contributed by atoms with van der Waals surface area (Å²) in [4.78, 5) is 11.9. The summed E-state index contributed by atoms with van der Waals surface area (Å²) >= 11 is 0. The molecular formula is C22H27FN2O4. The fourth-order valence-electron chi connectivity index (χ4n) is 2.88. The fourth-order valence-corrected chi connectivity index (χ4v) is 2.88. The summed E-state index contributed by atoms with van der Waals surface area (Å²) in [5.74, 6) is -0.129. The second-order valence-corrected chi connectivity index (χ2v) is 7.08. The lowest BCUT2D eigenvalue weighted by Gasteiger charge is -2.39. The van der Waals surface area contributed by atoms with E-state index in [1.807, 2.05) is 54.6 Å². The Morgan fingerprint density at radius 2 is 1.83 bits per heavy atom. The Kier molecular flexibility index (Phi) is 7.50. The Balaban J connectivity index is 2.08. The van der Waals surface area contributed by atoms with E-state index in [2.05, 4.69) is 5.32 Å². The average molecular weight is 402 g/mol. The first-order chi connectivity index (χ1) is 13.8. The number of ether oxygens (including phenoxy) is 1. The number of carbonyl (C=O) groups excluding carboxylic acids is 1. The van der Waals surface area contributed by atoms with Crippen LogP contribution in [-0.2, 0) is 4.79 Å². The summed E-state index contributed by atoms with van der Waals surface area (Å²) in [6, 6.07) is 15.6. The van der Waals surface area contributed by atoms with Crippen molar-refractivity contribution in [3.63, 3.8) is 0 Å². The van der Waals surface area contributed by atoms with Crippen LogP contribution in [0.25, 0.3) is 17.2 Å². The normalized spacial score (nSPS) is 15.5. The smallest absolute Gasteiger partial charge is 0.266 e. The summed E-state index contributed by atoms with van der Waals surface area (Å²) in [6.45, 7) is 1.54. The topological polar surface area (TPSA) is 90.8 Å². The second-order valence-electron chi connectivity index (χ2n) is 7.08. The lowest BCUT2D eigenvalue weighted by molar-refractivity contribution is -0.148. The predicted molar refractivity (Wildman–Crippen MR) is 110 cm³/mol. The summed E-state index contributed by atoms with van der Waals surface area (Å²) in [6.07, 6.45) is 3.58. The molecule has 0 saturated carbocycles. The molecule has 0 aliphatic heterocycles. The molecule has 0 fully saturated rings. The van der Waals surface area contributed by atoms with Crippen LogP contribution in [0, 0.1) is 0 Å². The molecule has 0 aliphatic carbocycles. The highest BCUT2D eigenvalue weighted by molar-refractivity contribution is 5.86. The minimum atomic E-state index is -2.00. The number of alkyl halides is 1. The number of benzene rings is 2. The molecule has 7 heteroatoms. The molecule has 0 heterocycles. The molecule has 0 aliphatic rings. The van der Waals surface area contributed by atoms with Gasteiger partial charge in [0.25, 0.3) is 5.91 Å². The van der Waals surface area contributed by atoms with Crippen molar-refractivity contribution >= 4 is 12.0 Å². The minimum Gasteiger partial charge on any atom is -0.496 e. The summed E-state index contributed by atoms with van der Waals surface area (Å²) in [7, 11) is 1.63. The van der Waals surface area contributed by atoms with Gasteiger partial charge in [-0.05, 0) is 31.0 Å². The number of amides is 1. The van der Waals surface area contributed by atoms with Crippen molar-refractivity contribution in [3.8, 4) is 16.9 Å². The van der Waals surface area contributed by atoms with Crippen molar-refractivity contribution in [2.45, 2.75) is 25.0 Å². The molecular weight excluding hydrogens is 375 g/mol. The van der Waals surface area contributed by atoms with Crippen molar-refractivity contribution in [3.05, 3.63) is 60.2 Å². The standard InChI is InChI=1S/C22H27FN2O4/c1-21(27,15-23)22(2,20(26)25-28)24-14-6-7-16-10-12-17(13-11-16)18-8-4-5-9-19(18)29-3/h4-13,24,27-28H,14-15H2,1-3H3,(H,25,26)/b7-6+. The van der Waals surface area contributed by atoms with Gasteiger partial charge in [-0.1, -0.05) is 54.6 Å². The Labute approximate surface area is 170 Å². The van der Waals surface area contributed by atoms with Crippen molar-refractivity contribution < 1.29 is 24.2 Å². The van der Waals surface area contributed by atoms with Crippen molar-refractivity contribution in [1.82, 2.24) is 10.8 Å². The van der Waals surface area contributed by atoms with E-state index in [9.17, 15) is 14.3 Å². The third-order valence-electron chi connectivity index (χ3n) is 5.11. The molecule has 0 aromatic heterocycles. The van der Waals surface area contributed by atoms with Crippen LogP contribution in [0.15, 0.2) is 54.6 Å². The maximum absolute atomic E-state index is 13.2. The first-order valence-corrected chi connectivity index (χ1v) is 9.17. The van der Waals surface area contributed by atoms with Gasteiger partial charge in [-0.15, -0.1) is 0 Å². The van der Waals surface area contributed by atoms with Gasteiger partial charge in [-0.25, -0.2) is 9.87 Å². The molecule has 0 spiro atoms. The Morgan fingerprint density at radius 1 is 1.17 bits per heavy atom. The fraction of sp³-hybridized carbons (Fsp3) is 0.318. The van der Waals surface area contributed by atoms with E-state index in [0.717, 1.165) is 22.4 Å². The summed E-state index contributed by atoms with van der Waals surface area (Å²) in [5, 5.41) is 21.9. The zero-order chi connectivity index (χ0) is 21.5. The van der Waals surface area contributed by atoms with E-state index in [-0.39, 0.29) is 6.54 Å². The van der Waals surface area contributed by atoms with Crippen LogP contribution in [0.4, 0.5) is 4.39 Å². The highest BCUT2D eigenvalue weighted by Crippen LogP contribution is 2.29. The average Bonchev–Trinajstić information content (AvgIpc) is 2.76. The number of rotatable bonds is 9.